The van der Waals surface area contributed by atoms with Crippen molar-refractivity contribution in [1.29, 1.82) is 0 Å². The van der Waals surface area contributed by atoms with E-state index in [1.165, 1.54) is 0 Å². The lowest BCUT2D eigenvalue weighted by Gasteiger charge is -2.30. The Morgan fingerprint density at radius 1 is 1.27 bits per heavy atom. The zero-order valence-electron chi connectivity index (χ0n) is 9.06. The normalized spacial score (nSPS) is 13.8. The Kier molecular flexibility index (Phi) is 4.52. The molecular weight excluding hydrogens is 211 g/mol. The third kappa shape index (κ3) is 2.91. The molecule has 1 unspecified atom stereocenters. The smallest absolute Gasteiger partial charge is 0.317 e. The van der Waals surface area contributed by atoms with Gasteiger partial charge in [0.25, 0.3) is 0 Å². The molecular formula is C11H17O3P. The minimum atomic E-state index is -2.91. The second-order valence-electron chi connectivity index (χ2n) is 3.44. The summed E-state index contributed by atoms with van der Waals surface area (Å²) in [4.78, 5) is 8.94. The first kappa shape index (κ1) is 12.4. The molecule has 0 aliphatic rings. The summed E-state index contributed by atoms with van der Waals surface area (Å²) >= 11 is 0. The van der Waals surface area contributed by atoms with E-state index in [9.17, 15) is 4.57 Å². The Morgan fingerprint density at radius 3 is 2.20 bits per heavy atom. The van der Waals surface area contributed by atoms with Gasteiger partial charge in [-0.2, -0.15) is 0 Å². The molecule has 3 nitrogen and oxygen atoms in total. The lowest BCUT2D eigenvalue weighted by atomic mass is 9.89. The van der Waals surface area contributed by atoms with Crippen LogP contribution in [0.4, 0.5) is 0 Å². The summed E-state index contributed by atoms with van der Waals surface area (Å²) in [7, 11) is -2.91. The van der Waals surface area contributed by atoms with Gasteiger partial charge in [-0.3, -0.25) is 9.09 Å². The molecule has 0 fully saturated rings. The summed E-state index contributed by atoms with van der Waals surface area (Å²) < 4.78 is 16.1. The summed E-state index contributed by atoms with van der Waals surface area (Å²) in [5, 5.41) is 0. The molecule has 0 radical (unpaired) electrons. The Bertz CT molecular complexity index is 320. The minimum Gasteiger partial charge on any atom is -0.326 e. The van der Waals surface area contributed by atoms with Gasteiger partial charge in [-0.25, -0.2) is 0 Å². The van der Waals surface area contributed by atoms with E-state index >= 15 is 0 Å². The van der Waals surface area contributed by atoms with E-state index in [0.717, 1.165) is 5.56 Å². The van der Waals surface area contributed by atoms with Gasteiger partial charge in [-0.05, 0) is 18.4 Å². The zero-order chi connectivity index (χ0) is 11.3. The lowest BCUT2D eigenvalue weighted by Crippen LogP contribution is -2.25. The molecule has 1 atom stereocenters. The summed E-state index contributed by atoms with van der Waals surface area (Å²) in [6.45, 7) is 3.92. The fourth-order valence-electron chi connectivity index (χ4n) is 1.77. The van der Waals surface area contributed by atoms with Crippen LogP contribution in [0.1, 0.15) is 32.3 Å². The van der Waals surface area contributed by atoms with Crippen LogP contribution in [0, 0.1) is 0 Å². The molecule has 1 aromatic rings. The Hall–Kier alpha value is -0.630. The molecule has 0 aromatic heterocycles. The molecule has 4 heteroatoms. The third-order valence-electron chi connectivity index (χ3n) is 2.72. The van der Waals surface area contributed by atoms with Crippen molar-refractivity contribution in [3.8, 4) is 0 Å². The first-order chi connectivity index (χ1) is 7.14. The maximum atomic E-state index is 10.9. The Labute approximate surface area is 91.0 Å². The Morgan fingerprint density at radius 2 is 1.80 bits per heavy atom. The fraction of sp³-hybridized carbons (Fsp3) is 0.455. The van der Waals surface area contributed by atoms with Crippen LogP contribution in [0.15, 0.2) is 30.3 Å². The molecule has 1 rings (SSSR count). The number of hydrogen-bond acceptors (Lipinski definition) is 2. The monoisotopic (exact) mass is 228 g/mol. The van der Waals surface area contributed by atoms with Gasteiger partial charge in [0.2, 0.25) is 0 Å². The molecule has 0 aliphatic carbocycles. The average Bonchev–Trinajstić information content (AvgIpc) is 2.27. The second kappa shape index (κ2) is 5.45. The van der Waals surface area contributed by atoms with Crippen LogP contribution < -0.4 is 0 Å². The molecule has 0 spiro atoms. The van der Waals surface area contributed by atoms with Crippen molar-refractivity contribution in [2.45, 2.75) is 32.3 Å². The van der Waals surface area contributed by atoms with Crippen molar-refractivity contribution in [2.24, 2.45) is 0 Å². The van der Waals surface area contributed by atoms with Crippen LogP contribution >= 0.6 is 8.25 Å². The van der Waals surface area contributed by atoms with E-state index in [0.29, 0.717) is 12.8 Å². The van der Waals surface area contributed by atoms with E-state index < -0.39 is 13.9 Å². The van der Waals surface area contributed by atoms with Crippen molar-refractivity contribution in [2.75, 3.05) is 0 Å². The zero-order valence-corrected chi connectivity index (χ0v) is 10.1. The summed E-state index contributed by atoms with van der Waals surface area (Å²) in [5.74, 6) is 0. The van der Waals surface area contributed by atoms with E-state index in [-0.39, 0.29) is 0 Å². The molecule has 0 saturated carbocycles. The summed E-state index contributed by atoms with van der Waals surface area (Å²) in [6, 6.07) is 9.60. The maximum absolute atomic E-state index is 10.9. The van der Waals surface area contributed by atoms with Gasteiger partial charge in [-0.15, -0.1) is 0 Å². The molecule has 0 saturated heterocycles. The molecule has 0 aliphatic heterocycles. The molecule has 0 bridgehead atoms. The summed E-state index contributed by atoms with van der Waals surface area (Å²) in [5.41, 5.74) is 0.342. The van der Waals surface area contributed by atoms with Gasteiger partial charge in [0.05, 0.1) is 0 Å². The SMILES string of the molecule is CCC(CC)(O[PH](=O)O)c1ccccc1. The van der Waals surface area contributed by atoms with Crippen LogP contribution in [0.25, 0.3) is 0 Å². The van der Waals surface area contributed by atoms with E-state index in [4.69, 9.17) is 9.42 Å². The maximum Gasteiger partial charge on any atom is 0.317 e. The second-order valence-corrected chi connectivity index (χ2v) is 4.17. The fourth-order valence-corrected chi connectivity index (χ4v) is 2.51. The van der Waals surface area contributed by atoms with Crippen LogP contribution in [0.5, 0.6) is 0 Å². The highest BCUT2D eigenvalue weighted by Gasteiger charge is 2.30. The Balaban J connectivity index is 3.05. The van der Waals surface area contributed by atoms with Crippen LogP contribution in [0.3, 0.4) is 0 Å². The highest BCUT2D eigenvalue weighted by molar-refractivity contribution is 7.32. The first-order valence-corrected chi connectivity index (χ1v) is 6.38. The van der Waals surface area contributed by atoms with E-state index in [1.54, 1.807) is 0 Å². The highest BCUT2D eigenvalue weighted by Crippen LogP contribution is 2.39. The number of rotatable bonds is 5. The van der Waals surface area contributed by atoms with Crippen molar-refractivity contribution in [3.63, 3.8) is 0 Å². The predicted octanol–water partition coefficient (Wildman–Crippen LogP) is 3.10. The molecule has 0 heterocycles. The molecule has 15 heavy (non-hydrogen) atoms. The average molecular weight is 228 g/mol. The van der Waals surface area contributed by atoms with Crippen molar-refractivity contribution in [1.82, 2.24) is 0 Å². The van der Waals surface area contributed by atoms with Gasteiger partial charge in [0.15, 0.2) is 0 Å². The molecule has 84 valence electrons. The molecule has 0 amide bonds. The quantitative estimate of drug-likeness (QED) is 0.787. The minimum absolute atomic E-state index is 0.619. The van der Waals surface area contributed by atoms with Crippen molar-refractivity contribution >= 4 is 8.25 Å². The standard InChI is InChI=1S/C11H17O3P/c1-3-11(4-2,14-15(12)13)10-8-6-5-7-9-10/h5-9,15H,3-4H2,1-2H3,(H,12,13). The largest absolute Gasteiger partial charge is 0.326 e. The van der Waals surface area contributed by atoms with Gasteiger partial charge in [0, 0.05) is 0 Å². The first-order valence-electron chi connectivity index (χ1n) is 5.12. The highest BCUT2D eigenvalue weighted by atomic mass is 31.1. The van der Waals surface area contributed by atoms with E-state index in [2.05, 4.69) is 0 Å². The van der Waals surface area contributed by atoms with Gasteiger partial charge in [0.1, 0.15) is 5.60 Å². The topological polar surface area (TPSA) is 46.5 Å². The predicted molar refractivity (Wildman–Crippen MR) is 61.0 cm³/mol. The number of hydrogen-bond donors (Lipinski definition) is 1. The van der Waals surface area contributed by atoms with Crippen LogP contribution in [-0.2, 0) is 14.7 Å². The lowest BCUT2D eigenvalue weighted by molar-refractivity contribution is 0.0536. The van der Waals surface area contributed by atoms with Crippen molar-refractivity contribution < 1.29 is 14.0 Å². The molecule has 1 aromatic carbocycles. The van der Waals surface area contributed by atoms with Gasteiger partial charge in [-0.1, -0.05) is 44.2 Å². The van der Waals surface area contributed by atoms with E-state index in [1.807, 2.05) is 44.2 Å². The van der Waals surface area contributed by atoms with Crippen molar-refractivity contribution in [3.05, 3.63) is 35.9 Å². The number of benzene rings is 1. The van der Waals surface area contributed by atoms with Gasteiger partial charge >= 0.3 is 8.25 Å². The van der Waals surface area contributed by atoms with Gasteiger partial charge < -0.3 is 4.89 Å². The van der Waals surface area contributed by atoms with Crippen LogP contribution in [-0.4, -0.2) is 4.89 Å². The summed E-state index contributed by atoms with van der Waals surface area (Å²) in [6.07, 6.45) is 1.37. The van der Waals surface area contributed by atoms with Crippen LogP contribution in [0.2, 0.25) is 0 Å². The molecule has 1 N–H and O–H groups in total. The third-order valence-corrected chi connectivity index (χ3v) is 3.29.